The quantitative estimate of drug-likeness (QED) is 0.417. The van der Waals surface area contributed by atoms with E-state index in [9.17, 15) is 0 Å². The molecule has 128 valence electrons. The summed E-state index contributed by atoms with van der Waals surface area (Å²) in [5.74, 6) is 0. The molecule has 1 aromatic heterocycles. The van der Waals surface area contributed by atoms with Crippen LogP contribution in [0.25, 0.3) is 11.3 Å². The van der Waals surface area contributed by atoms with Crippen molar-refractivity contribution >= 4 is 33.8 Å². The maximum Gasteiger partial charge on any atom is 0.339 e. The van der Waals surface area contributed by atoms with Gasteiger partial charge in [-0.2, -0.15) is 0 Å². The minimum atomic E-state index is 0.744. The average Bonchev–Trinajstić information content (AvgIpc) is 2.95. The molecule has 1 heterocycles. The molecule has 0 saturated heterocycles. The Morgan fingerprint density at radius 1 is 1.12 bits per heavy atom. The van der Waals surface area contributed by atoms with Crippen molar-refractivity contribution in [2.75, 3.05) is 5.32 Å². The van der Waals surface area contributed by atoms with Crippen LogP contribution in [0, 0.1) is 20.8 Å². The first-order chi connectivity index (χ1) is 12.0. The van der Waals surface area contributed by atoms with E-state index in [4.69, 9.17) is 11.6 Å². The Balaban J connectivity index is 2.03. The molecule has 3 aromatic rings. The van der Waals surface area contributed by atoms with Gasteiger partial charge < -0.3 is 0 Å². The van der Waals surface area contributed by atoms with Crippen LogP contribution >= 0.6 is 22.9 Å². The van der Waals surface area contributed by atoms with Crippen LogP contribution in [-0.2, 0) is 6.54 Å². The molecule has 0 aliphatic rings. The van der Waals surface area contributed by atoms with E-state index >= 15 is 0 Å². The number of allylic oxidation sites excluding steroid dienone is 1. The first-order valence-corrected chi connectivity index (χ1v) is 9.48. The standard InChI is InChI=1S/C21H21ClN2S/c1-5-10-24-19(17-6-8-18(22)9-7-17)13-25-21(24)23-20-15(3)11-14(2)12-16(20)4/h5-9,11-13H,1,10H2,2-4H3/p+1. The van der Waals surface area contributed by atoms with Gasteiger partial charge in [0.2, 0.25) is 0 Å². The topological polar surface area (TPSA) is 15.9 Å². The van der Waals surface area contributed by atoms with E-state index in [1.165, 1.54) is 22.4 Å². The van der Waals surface area contributed by atoms with Crippen LogP contribution in [0.15, 0.2) is 54.4 Å². The van der Waals surface area contributed by atoms with Gasteiger partial charge in [-0.1, -0.05) is 53.3 Å². The molecule has 25 heavy (non-hydrogen) atoms. The lowest BCUT2D eigenvalue weighted by Crippen LogP contribution is -2.35. The lowest BCUT2D eigenvalue weighted by Gasteiger charge is -2.09. The molecule has 0 spiro atoms. The van der Waals surface area contributed by atoms with Gasteiger partial charge in [0.15, 0.2) is 0 Å². The minimum absolute atomic E-state index is 0.744. The van der Waals surface area contributed by atoms with Crippen LogP contribution in [0.5, 0.6) is 0 Å². The van der Waals surface area contributed by atoms with Crippen LogP contribution < -0.4 is 9.88 Å². The van der Waals surface area contributed by atoms with Crippen molar-refractivity contribution in [1.82, 2.24) is 0 Å². The van der Waals surface area contributed by atoms with Gasteiger partial charge in [-0.05, 0) is 56.2 Å². The fourth-order valence-corrected chi connectivity index (χ4v) is 4.16. The number of aryl methyl sites for hydroxylation is 3. The van der Waals surface area contributed by atoms with Crippen molar-refractivity contribution in [3.8, 4) is 11.3 Å². The molecule has 0 aliphatic heterocycles. The summed E-state index contributed by atoms with van der Waals surface area (Å²) >= 11 is 7.73. The Bertz CT molecular complexity index is 887. The van der Waals surface area contributed by atoms with E-state index in [2.05, 4.69) is 66.9 Å². The minimum Gasteiger partial charge on any atom is -0.231 e. The number of benzene rings is 2. The van der Waals surface area contributed by atoms with Crippen molar-refractivity contribution < 1.29 is 4.57 Å². The fourth-order valence-electron chi connectivity index (χ4n) is 3.08. The Labute approximate surface area is 158 Å². The fraction of sp³-hybridized carbons (Fsp3) is 0.190. The number of nitrogens with zero attached hydrogens (tertiary/aromatic N) is 1. The molecule has 2 aromatic carbocycles. The number of hydrogen-bond acceptors (Lipinski definition) is 2. The molecule has 1 N–H and O–H groups in total. The SMILES string of the molecule is C=CC[n+]1c(-c2ccc(Cl)cc2)csc1Nc1c(C)cc(C)cc1C. The number of nitrogens with one attached hydrogen (secondary N) is 1. The zero-order valence-corrected chi connectivity index (χ0v) is 16.3. The predicted molar refractivity (Wildman–Crippen MR) is 109 cm³/mol. The van der Waals surface area contributed by atoms with Gasteiger partial charge in [0.05, 0.1) is 0 Å². The third kappa shape index (κ3) is 3.78. The van der Waals surface area contributed by atoms with Crippen molar-refractivity contribution in [1.29, 1.82) is 0 Å². The first kappa shape index (κ1) is 17.7. The van der Waals surface area contributed by atoms with Crippen molar-refractivity contribution in [3.05, 3.63) is 76.1 Å². The molecule has 4 heteroatoms. The van der Waals surface area contributed by atoms with Crippen molar-refractivity contribution in [2.24, 2.45) is 0 Å². The molecule has 0 radical (unpaired) electrons. The van der Waals surface area contributed by atoms with Gasteiger partial charge in [-0.15, -0.1) is 0 Å². The number of halogens is 1. The van der Waals surface area contributed by atoms with Crippen LogP contribution in [-0.4, -0.2) is 0 Å². The van der Waals surface area contributed by atoms with E-state index in [0.29, 0.717) is 0 Å². The number of thiazole rings is 1. The zero-order chi connectivity index (χ0) is 18.0. The molecule has 2 nitrogen and oxygen atoms in total. The van der Waals surface area contributed by atoms with Crippen LogP contribution in [0.1, 0.15) is 16.7 Å². The zero-order valence-electron chi connectivity index (χ0n) is 14.8. The molecule has 3 rings (SSSR count). The van der Waals surface area contributed by atoms with E-state index in [0.717, 1.165) is 28.0 Å². The lowest BCUT2D eigenvalue weighted by atomic mass is 10.1. The third-order valence-corrected chi connectivity index (χ3v) is 5.32. The highest BCUT2D eigenvalue weighted by molar-refractivity contribution is 7.13. The van der Waals surface area contributed by atoms with Gasteiger partial charge in [-0.3, -0.25) is 0 Å². The van der Waals surface area contributed by atoms with E-state index in [-0.39, 0.29) is 0 Å². The van der Waals surface area contributed by atoms with Crippen molar-refractivity contribution in [3.63, 3.8) is 0 Å². The summed E-state index contributed by atoms with van der Waals surface area (Å²) in [7, 11) is 0. The highest BCUT2D eigenvalue weighted by atomic mass is 35.5. The molecule has 0 amide bonds. The second-order valence-corrected chi connectivity index (χ2v) is 7.53. The summed E-state index contributed by atoms with van der Waals surface area (Å²) in [6.07, 6.45) is 1.92. The van der Waals surface area contributed by atoms with Gasteiger partial charge >= 0.3 is 5.13 Å². The number of hydrogen-bond donors (Lipinski definition) is 1. The predicted octanol–water partition coefficient (Wildman–Crippen LogP) is 6.21. The second-order valence-electron chi connectivity index (χ2n) is 6.23. The summed E-state index contributed by atoms with van der Waals surface area (Å²) in [6, 6.07) is 12.4. The van der Waals surface area contributed by atoms with Crippen LogP contribution in [0.2, 0.25) is 5.02 Å². The van der Waals surface area contributed by atoms with Gasteiger partial charge in [0, 0.05) is 16.0 Å². The van der Waals surface area contributed by atoms with Gasteiger partial charge in [0.1, 0.15) is 17.9 Å². The Morgan fingerprint density at radius 3 is 2.36 bits per heavy atom. The highest BCUT2D eigenvalue weighted by Gasteiger charge is 2.20. The maximum atomic E-state index is 6.03. The third-order valence-electron chi connectivity index (χ3n) is 4.18. The Hall–Kier alpha value is -2.10. The summed E-state index contributed by atoms with van der Waals surface area (Å²) in [5, 5.41) is 7.65. The average molecular weight is 370 g/mol. The molecule has 0 fully saturated rings. The Kier molecular flexibility index (Phi) is 5.26. The van der Waals surface area contributed by atoms with Crippen LogP contribution in [0.4, 0.5) is 10.8 Å². The lowest BCUT2D eigenvalue weighted by molar-refractivity contribution is -0.657. The molecular formula is C21H22ClN2S+. The normalized spacial score (nSPS) is 10.7. The van der Waals surface area contributed by atoms with E-state index < -0.39 is 0 Å². The summed E-state index contributed by atoms with van der Waals surface area (Å²) < 4.78 is 2.25. The molecule has 0 saturated carbocycles. The van der Waals surface area contributed by atoms with E-state index in [1.54, 1.807) is 11.3 Å². The molecule has 0 aliphatic carbocycles. The maximum absolute atomic E-state index is 6.03. The second kappa shape index (κ2) is 7.42. The smallest absolute Gasteiger partial charge is 0.231 e. The van der Waals surface area contributed by atoms with Gasteiger partial charge in [-0.25, -0.2) is 9.88 Å². The number of aromatic nitrogens is 1. The molecular weight excluding hydrogens is 348 g/mol. The highest BCUT2D eigenvalue weighted by Crippen LogP contribution is 2.30. The first-order valence-electron chi connectivity index (χ1n) is 8.22. The largest absolute Gasteiger partial charge is 0.339 e. The molecule has 0 atom stereocenters. The van der Waals surface area contributed by atoms with Gasteiger partial charge in [0.25, 0.3) is 0 Å². The van der Waals surface area contributed by atoms with E-state index in [1.807, 2.05) is 18.2 Å². The summed E-state index contributed by atoms with van der Waals surface area (Å²) in [4.78, 5) is 0. The number of rotatable bonds is 5. The summed E-state index contributed by atoms with van der Waals surface area (Å²) in [6.45, 7) is 11.1. The van der Waals surface area contributed by atoms with Crippen LogP contribution in [0.3, 0.4) is 0 Å². The molecule has 0 bridgehead atoms. The monoisotopic (exact) mass is 369 g/mol. The van der Waals surface area contributed by atoms with Crippen molar-refractivity contribution in [2.45, 2.75) is 27.3 Å². The summed E-state index contributed by atoms with van der Waals surface area (Å²) in [5.41, 5.74) is 7.27. The molecule has 0 unspecified atom stereocenters. The number of anilines is 2. The Morgan fingerprint density at radius 2 is 1.76 bits per heavy atom.